The van der Waals surface area contributed by atoms with Crippen molar-refractivity contribution in [1.82, 2.24) is 10.3 Å². The van der Waals surface area contributed by atoms with Gasteiger partial charge in [0.2, 0.25) is 0 Å². The molecule has 4 nitrogen and oxygen atoms in total. The summed E-state index contributed by atoms with van der Waals surface area (Å²) < 4.78 is 5.47. The fourth-order valence-electron chi connectivity index (χ4n) is 3.10. The molecule has 4 heteroatoms. The van der Waals surface area contributed by atoms with Crippen LogP contribution in [0, 0.1) is 5.92 Å². The molecule has 1 N–H and O–H groups in total. The first-order valence-corrected chi connectivity index (χ1v) is 7.71. The lowest BCUT2D eigenvalue weighted by Crippen LogP contribution is -2.38. The monoisotopic (exact) mass is 271 g/mol. The Balaban J connectivity index is 1.41. The van der Waals surface area contributed by atoms with Gasteiger partial charge in [-0.2, -0.15) is 0 Å². The fraction of sp³-hybridized carbons (Fsp3) is 0.562. The Morgan fingerprint density at radius 1 is 1.20 bits per heavy atom. The van der Waals surface area contributed by atoms with Gasteiger partial charge in [-0.1, -0.05) is 0 Å². The van der Waals surface area contributed by atoms with Crippen LogP contribution in [-0.4, -0.2) is 30.7 Å². The number of anilines is 1. The van der Waals surface area contributed by atoms with E-state index in [9.17, 15) is 0 Å². The Morgan fingerprint density at radius 3 is 2.85 bits per heavy atom. The molecule has 3 heterocycles. The molecule has 2 aliphatic rings. The summed E-state index contributed by atoms with van der Waals surface area (Å²) in [5.74, 6) is 1.92. The predicted molar refractivity (Wildman–Crippen MR) is 80.0 cm³/mol. The van der Waals surface area contributed by atoms with Gasteiger partial charge in [0.25, 0.3) is 0 Å². The lowest BCUT2D eigenvalue weighted by atomic mass is 9.96. The van der Waals surface area contributed by atoms with Gasteiger partial charge in [0.05, 0.1) is 11.6 Å². The predicted octanol–water partition coefficient (Wildman–Crippen LogP) is 2.80. The summed E-state index contributed by atoms with van der Waals surface area (Å²) in [4.78, 5) is 6.97. The molecule has 4 rings (SSSR count). The van der Waals surface area contributed by atoms with Crippen LogP contribution in [0.15, 0.2) is 29.0 Å². The van der Waals surface area contributed by atoms with Gasteiger partial charge in [-0.05, 0) is 50.3 Å². The van der Waals surface area contributed by atoms with Crippen LogP contribution in [0.2, 0.25) is 0 Å². The van der Waals surface area contributed by atoms with Gasteiger partial charge < -0.3 is 14.6 Å². The van der Waals surface area contributed by atoms with Crippen LogP contribution in [0.3, 0.4) is 0 Å². The Morgan fingerprint density at radius 2 is 2.05 bits per heavy atom. The Bertz CT molecular complexity index is 582. The topological polar surface area (TPSA) is 41.3 Å². The lowest BCUT2D eigenvalue weighted by molar-refractivity contribution is 0.381. The van der Waals surface area contributed by atoms with E-state index in [-0.39, 0.29) is 0 Å². The molecule has 0 unspecified atom stereocenters. The van der Waals surface area contributed by atoms with E-state index < -0.39 is 0 Å². The number of aromatic nitrogens is 1. The van der Waals surface area contributed by atoms with Gasteiger partial charge in [0.1, 0.15) is 11.4 Å². The van der Waals surface area contributed by atoms with Gasteiger partial charge in [0.15, 0.2) is 0 Å². The molecule has 2 aromatic heterocycles. The minimum atomic E-state index is 0.828. The number of hydrogen-bond acceptors (Lipinski definition) is 4. The number of furan rings is 1. The largest absolute Gasteiger partial charge is 0.464 e. The van der Waals surface area contributed by atoms with E-state index in [1.807, 2.05) is 18.3 Å². The number of rotatable bonds is 4. The molecule has 0 bridgehead atoms. The molecule has 1 saturated carbocycles. The van der Waals surface area contributed by atoms with Crippen molar-refractivity contribution in [2.75, 3.05) is 24.5 Å². The molecular formula is C16H21N3O. The number of hydrogen-bond donors (Lipinski definition) is 1. The maximum atomic E-state index is 5.47. The van der Waals surface area contributed by atoms with Crippen molar-refractivity contribution in [2.45, 2.75) is 31.7 Å². The highest BCUT2D eigenvalue weighted by atomic mass is 16.3. The average Bonchev–Trinajstić information content (AvgIpc) is 3.20. The second kappa shape index (κ2) is 5.09. The molecule has 1 aliphatic heterocycles. The van der Waals surface area contributed by atoms with Crippen LogP contribution >= 0.6 is 0 Å². The second-order valence-electron chi connectivity index (χ2n) is 6.08. The van der Waals surface area contributed by atoms with E-state index in [4.69, 9.17) is 4.42 Å². The second-order valence-corrected chi connectivity index (χ2v) is 6.08. The maximum absolute atomic E-state index is 5.47. The Labute approximate surface area is 119 Å². The van der Waals surface area contributed by atoms with Gasteiger partial charge in [-0.3, -0.25) is 0 Å². The summed E-state index contributed by atoms with van der Waals surface area (Å²) in [6.07, 6.45) is 8.88. The summed E-state index contributed by atoms with van der Waals surface area (Å²) in [6.45, 7) is 3.41. The number of fused-ring (bicyclic) bond motifs is 1. The standard InChI is InChI=1S/C16H21N3O/c1-2-13(1)18-11-12-4-8-19(9-5-12)16-14-6-10-20-15(14)3-7-17-16/h3,6-7,10,12-13,18H,1-2,4-5,8-9,11H2. The minimum Gasteiger partial charge on any atom is -0.464 e. The van der Waals surface area contributed by atoms with Crippen molar-refractivity contribution < 1.29 is 4.42 Å². The molecule has 106 valence electrons. The molecule has 20 heavy (non-hydrogen) atoms. The molecule has 0 aromatic carbocycles. The Kier molecular flexibility index (Phi) is 3.11. The summed E-state index contributed by atoms with van der Waals surface area (Å²) in [6, 6.07) is 4.79. The fourth-order valence-corrected chi connectivity index (χ4v) is 3.10. The van der Waals surface area contributed by atoms with Crippen molar-refractivity contribution in [3.63, 3.8) is 0 Å². The van der Waals surface area contributed by atoms with E-state index >= 15 is 0 Å². The van der Waals surface area contributed by atoms with Crippen LogP contribution in [0.5, 0.6) is 0 Å². The van der Waals surface area contributed by atoms with Gasteiger partial charge in [-0.25, -0.2) is 4.98 Å². The molecule has 0 radical (unpaired) electrons. The van der Waals surface area contributed by atoms with Crippen LogP contribution in [0.25, 0.3) is 11.0 Å². The van der Waals surface area contributed by atoms with E-state index in [2.05, 4.69) is 15.2 Å². The van der Waals surface area contributed by atoms with Gasteiger partial charge in [-0.15, -0.1) is 0 Å². The highest BCUT2D eigenvalue weighted by molar-refractivity contribution is 5.88. The van der Waals surface area contributed by atoms with Gasteiger partial charge >= 0.3 is 0 Å². The number of nitrogens with zero attached hydrogens (tertiary/aromatic N) is 2. The first-order valence-electron chi connectivity index (χ1n) is 7.71. The molecule has 0 atom stereocenters. The van der Waals surface area contributed by atoms with Crippen molar-refractivity contribution >= 4 is 16.8 Å². The molecule has 1 aliphatic carbocycles. The van der Waals surface area contributed by atoms with Crippen LogP contribution in [-0.2, 0) is 0 Å². The molecular weight excluding hydrogens is 250 g/mol. The zero-order chi connectivity index (χ0) is 13.4. The average molecular weight is 271 g/mol. The molecule has 2 fully saturated rings. The van der Waals surface area contributed by atoms with E-state index in [1.165, 1.54) is 32.2 Å². The SMILES string of the molecule is c1cc2occc2c(N2CCC(CNC3CC3)CC2)n1. The van der Waals surface area contributed by atoms with E-state index in [0.29, 0.717) is 0 Å². The highest BCUT2D eigenvalue weighted by Gasteiger charge is 2.25. The number of pyridine rings is 1. The molecule has 2 aromatic rings. The van der Waals surface area contributed by atoms with Crippen molar-refractivity contribution in [3.8, 4) is 0 Å². The zero-order valence-corrected chi connectivity index (χ0v) is 11.7. The van der Waals surface area contributed by atoms with Crippen molar-refractivity contribution in [2.24, 2.45) is 5.92 Å². The number of nitrogens with one attached hydrogen (secondary N) is 1. The van der Waals surface area contributed by atoms with Crippen LogP contribution in [0.1, 0.15) is 25.7 Å². The number of piperidine rings is 1. The normalized spacial score (nSPS) is 20.7. The molecule has 1 saturated heterocycles. The first-order chi connectivity index (χ1) is 9.90. The van der Waals surface area contributed by atoms with Crippen LogP contribution < -0.4 is 10.2 Å². The summed E-state index contributed by atoms with van der Waals surface area (Å²) in [5.41, 5.74) is 0.938. The minimum absolute atomic E-state index is 0.828. The third-order valence-corrected chi connectivity index (χ3v) is 4.55. The summed E-state index contributed by atoms with van der Waals surface area (Å²) >= 11 is 0. The quantitative estimate of drug-likeness (QED) is 0.928. The van der Waals surface area contributed by atoms with E-state index in [0.717, 1.165) is 41.8 Å². The third kappa shape index (κ3) is 2.40. The molecule has 0 amide bonds. The maximum Gasteiger partial charge on any atom is 0.139 e. The van der Waals surface area contributed by atoms with Gasteiger partial charge in [0, 0.05) is 25.3 Å². The summed E-state index contributed by atoms with van der Waals surface area (Å²) in [5, 5.41) is 4.80. The smallest absolute Gasteiger partial charge is 0.139 e. The first kappa shape index (κ1) is 12.2. The van der Waals surface area contributed by atoms with Crippen LogP contribution in [0.4, 0.5) is 5.82 Å². The van der Waals surface area contributed by atoms with E-state index in [1.54, 1.807) is 6.26 Å². The highest BCUT2D eigenvalue weighted by Crippen LogP contribution is 2.29. The Hall–Kier alpha value is -1.55. The molecule has 0 spiro atoms. The lowest BCUT2D eigenvalue weighted by Gasteiger charge is -2.33. The third-order valence-electron chi connectivity index (χ3n) is 4.55. The van der Waals surface area contributed by atoms with Crippen molar-refractivity contribution in [1.29, 1.82) is 0 Å². The summed E-state index contributed by atoms with van der Waals surface area (Å²) in [7, 11) is 0. The zero-order valence-electron chi connectivity index (χ0n) is 11.7. The van der Waals surface area contributed by atoms with Crippen molar-refractivity contribution in [3.05, 3.63) is 24.6 Å².